The summed E-state index contributed by atoms with van der Waals surface area (Å²) in [6.07, 6.45) is 5.37. The summed E-state index contributed by atoms with van der Waals surface area (Å²) in [6.45, 7) is 3.54. The van der Waals surface area contributed by atoms with Gasteiger partial charge in [-0.15, -0.1) is 0 Å². The Bertz CT molecular complexity index is 1270. The Kier molecular flexibility index (Phi) is 5.85. The molecule has 0 fully saturated rings. The quantitative estimate of drug-likeness (QED) is 0.393. The van der Waals surface area contributed by atoms with Crippen molar-refractivity contribution in [3.63, 3.8) is 0 Å². The largest absolute Gasteiger partial charge is 0.487 e. The van der Waals surface area contributed by atoms with E-state index in [4.69, 9.17) is 32.9 Å². The molecule has 0 spiro atoms. The van der Waals surface area contributed by atoms with E-state index in [1.54, 1.807) is 31.7 Å². The molecule has 0 atom stereocenters. The third kappa shape index (κ3) is 4.09. The number of para-hydroxylation sites is 1. The third-order valence-electron chi connectivity index (χ3n) is 5.06. The van der Waals surface area contributed by atoms with Crippen LogP contribution in [0.3, 0.4) is 0 Å². The summed E-state index contributed by atoms with van der Waals surface area (Å²) in [5, 5.41) is 1.78. The van der Waals surface area contributed by atoms with Gasteiger partial charge in [-0.2, -0.15) is 0 Å². The summed E-state index contributed by atoms with van der Waals surface area (Å²) in [5.74, 6) is 0.483. The molecule has 6 nitrogen and oxygen atoms in total. The van der Waals surface area contributed by atoms with Gasteiger partial charge in [0.05, 0.1) is 22.7 Å². The van der Waals surface area contributed by atoms with Crippen molar-refractivity contribution in [1.82, 2.24) is 14.5 Å². The van der Waals surface area contributed by atoms with Crippen LogP contribution < -0.4 is 9.64 Å². The number of anilines is 1. The highest BCUT2D eigenvalue weighted by molar-refractivity contribution is 6.38. The van der Waals surface area contributed by atoms with E-state index in [9.17, 15) is 4.79 Å². The molecule has 0 aliphatic heterocycles. The first-order valence-electron chi connectivity index (χ1n) is 9.59. The van der Waals surface area contributed by atoms with Gasteiger partial charge >= 0.3 is 0 Å². The molecular weight excluding hydrogens is 435 g/mol. The first-order valence-corrected chi connectivity index (χ1v) is 10.3. The zero-order valence-corrected chi connectivity index (χ0v) is 18.8. The maximum Gasteiger partial charge on any atom is 0.223 e. The van der Waals surface area contributed by atoms with E-state index in [1.165, 1.54) is 11.8 Å². The average molecular weight is 455 g/mol. The van der Waals surface area contributed by atoms with Gasteiger partial charge in [-0.25, -0.2) is 9.97 Å². The van der Waals surface area contributed by atoms with Gasteiger partial charge in [0.1, 0.15) is 17.9 Å². The number of halogens is 2. The summed E-state index contributed by atoms with van der Waals surface area (Å²) in [5.41, 5.74) is 3.73. The number of ether oxygens (including phenoxy) is 1. The molecule has 0 radical (unpaired) electrons. The van der Waals surface area contributed by atoms with Gasteiger partial charge in [0.15, 0.2) is 0 Å². The van der Waals surface area contributed by atoms with Crippen LogP contribution in [0.5, 0.6) is 5.75 Å². The lowest BCUT2D eigenvalue weighted by atomic mass is 10.1. The molecule has 2 heterocycles. The van der Waals surface area contributed by atoms with Gasteiger partial charge < -0.3 is 14.2 Å². The van der Waals surface area contributed by atoms with Gasteiger partial charge in [0, 0.05) is 48.0 Å². The zero-order chi connectivity index (χ0) is 22.1. The third-order valence-corrected chi connectivity index (χ3v) is 5.84. The number of amides is 1. The van der Waals surface area contributed by atoms with Crippen molar-refractivity contribution in [2.24, 2.45) is 0 Å². The van der Waals surface area contributed by atoms with Crippen LogP contribution in [0, 0.1) is 6.92 Å². The van der Waals surface area contributed by atoms with Crippen LogP contribution in [-0.2, 0) is 11.4 Å². The molecule has 8 heteroatoms. The van der Waals surface area contributed by atoms with Crippen LogP contribution in [0.25, 0.3) is 16.6 Å². The number of aromatic nitrogens is 3. The average Bonchev–Trinajstić information content (AvgIpc) is 3.27. The van der Waals surface area contributed by atoms with Crippen molar-refractivity contribution in [3.8, 4) is 11.4 Å². The van der Waals surface area contributed by atoms with E-state index < -0.39 is 0 Å². The molecule has 0 unspecified atom stereocenters. The fraction of sp³-hybridized carbons (Fsp3) is 0.174. The highest BCUT2D eigenvalue weighted by Gasteiger charge is 2.17. The Labute approximate surface area is 190 Å². The summed E-state index contributed by atoms with van der Waals surface area (Å²) in [6, 6.07) is 11.2. The van der Waals surface area contributed by atoms with Gasteiger partial charge in [-0.3, -0.25) is 4.79 Å². The first-order chi connectivity index (χ1) is 14.9. The Morgan fingerprint density at radius 2 is 2.03 bits per heavy atom. The second-order valence-electron chi connectivity index (χ2n) is 7.13. The Balaban J connectivity index is 1.73. The lowest BCUT2D eigenvalue weighted by Gasteiger charge is -2.20. The molecule has 2 aromatic heterocycles. The Hall–Kier alpha value is -3.09. The molecule has 0 aliphatic rings. The van der Waals surface area contributed by atoms with E-state index in [2.05, 4.69) is 4.98 Å². The smallest absolute Gasteiger partial charge is 0.223 e. The fourth-order valence-corrected chi connectivity index (χ4v) is 3.96. The molecule has 158 valence electrons. The van der Waals surface area contributed by atoms with Crippen molar-refractivity contribution >= 4 is 45.7 Å². The first kappa shape index (κ1) is 21.2. The number of fused-ring (bicyclic) bond motifs is 1. The van der Waals surface area contributed by atoms with E-state index >= 15 is 0 Å². The number of pyridine rings is 1. The van der Waals surface area contributed by atoms with Gasteiger partial charge in [-0.1, -0.05) is 35.3 Å². The number of rotatable bonds is 5. The monoisotopic (exact) mass is 454 g/mol. The number of carbonyl (C=O) groups excluding carboxylic acids is 1. The molecule has 4 rings (SSSR count). The van der Waals surface area contributed by atoms with Crippen molar-refractivity contribution in [3.05, 3.63) is 76.4 Å². The van der Waals surface area contributed by atoms with Crippen LogP contribution in [0.4, 0.5) is 5.69 Å². The predicted octanol–water partition coefficient (Wildman–Crippen LogP) is 5.60. The number of hydrogen-bond donors (Lipinski definition) is 0. The molecule has 1 amide bonds. The van der Waals surface area contributed by atoms with Crippen molar-refractivity contribution in [2.75, 3.05) is 11.9 Å². The predicted molar refractivity (Wildman–Crippen MR) is 123 cm³/mol. The summed E-state index contributed by atoms with van der Waals surface area (Å²) in [7, 11) is 1.66. The minimum absolute atomic E-state index is 0.128. The fourth-order valence-electron chi connectivity index (χ4n) is 3.36. The molecule has 4 aromatic rings. The molecule has 0 saturated heterocycles. The Morgan fingerprint density at radius 3 is 2.74 bits per heavy atom. The van der Waals surface area contributed by atoms with E-state index in [0.717, 1.165) is 22.3 Å². The standard InChI is InChI=1S/C23H20Cl2N4O2/c1-14-11-20(29-10-9-26-13-29)16-5-4-6-21(23(16)27-14)31-12-17-18(24)7-8-19(22(17)25)28(3)15(2)30/h4-11,13H,12H2,1-3H3. The van der Waals surface area contributed by atoms with Crippen LogP contribution in [0.1, 0.15) is 18.2 Å². The highest BCUT2D eigenvalue weighted by Crippen LogP contribution is 2.36. The molecule has 0 bridgehead atoms. The number of aryl methyl sites for hydroxylation is 1. The number of imidazole rings is 1. The zero-order valence-electron chi connectivity index (χ0n) is 17.3. The van der Waals surface area contributed by atoms with Gasteiger partial charge in [0.2, 0.25) is 5.91 Å². The molecular formula is C23H20Cl2N4O2. The summed E-state index contributed by atoms with van der Waals surface area (Å²) in [4.78, 5) is 22.1. The summed E-state index contributed by atoms with van der Waals surface area (Å²) >= 11 is 13.0. The maximum atomic E-state index is 11.8. The number of hydrogen-bond acceptors (Lipinski definition) is 4. The second kappa shape index (κ2) is 8.57. The van der Waals surface area contributed by atoms with E-state index in [-0.39, 0.29) is 12.5 Å². The normalized spacial score (nSPS) is 11.0. The van der Waals surface area contributed by atoms with E-state index in [1.807, 2.05) is 42.0 Å². The van der Waals surface area contributed by atoms with Crippen molar-refractivity contribution in [1.29, 1.82) is 0 Å². The van der Waals surface area contributed by atoms with Crippen molar-refractivity contribution < 1.29 is 9.53 Å². The number of benzene rings is 2. The van der Waals surface area contributed by atoms with Crippen LogP contribution in [-0.4, -0.2) is 27.5 Å². The van der Waals surface area contributed by atoms with Crippen LogP contribution >= 0.6 is 23.2 Å². The Morgan fingerprint density at radius 1 is 1.23 bits per heavy atom. The number of nitrogens with zero attached hydrogens (tertiary/aromatic N) is 4. The van der Waals surface area contributed by atoms with Gasteiger partial charge in [0.25, 0.3) is 0 Å². The SMILES string of the molecule is CC(=O)N(C)c1ccc(Cl)c(COc2cccc3c(-n4ccnc4)cc(C)nc23)c1Cl. The van der Waals surface area contributed by atoms with Crippen LogP contribution in [0.15, 0.2) is 55.1 Å². The second-order valence-corrected chi connectivity index (χ2v) is 7.92. The lowest BCUT2D eigenvalue weighted by molar-refractivity contribution is -0.116. The summed E-state index contributed by atoms with van der Waals surface area (Å²) < 4.78 is 8.07. The minimum Gasteiger partial charge on any atom is -0.487 e. The van der Waals surface area contributed by atoms with Gasteiger partial charge in [-0.05, 0) is 31.2 Å². The lowest BCUT2D eigenvalue weighted by Crippen LogP contribution is -2.23. The highest BCUT2D eigenvalue weighted by atomic mass is 35.5. The minimum atomic E-state index is -0.128. The van der Waals surface area contributed by atoms with Crippen LogP contribution in [0.2, 0.25) is 10.0 Å². The maximum absolute atomic E-state index is 11.8. The topological polar surface area (TPSA) is 60.2 Å². The van der Waals surface area contributed by atoms with E-state index in [0.29, 0.717) is 27.0 Å². The molecule has 0 N–H and O–H groups in total. The number of carbonyl (C=O) groups is 1. The molecule has 2 aromatic carbocycles. The molecule has 31 heavy (non-hydrogen) atoms. The molecule has 0 saturated carbocycles. The molecule has 0 aliphatic carbocycles. The van der Waals surface area contributed by atoms with Crippen molar-refractivity contribution in [2.45, 2.75) is 20.5 Å².